The first-order valence-corrected chi connectivity index (χ1v) is 6.12. The average Bonchev–Trinajstić information content (AvgIpc) is 2.29. The van der Waals surface area contributed by atoms with Gasteiger partial charge in [-0.25, -0.2) is 0 Å². The molecular formula is C13H21ClN2O. The third-order valence-electron chi connectivity index (χ3n) is 2.86. The number of benzene rings is 1. The molecule has 1 atom stereocenters. The van der Waals surface area contributed by atoms with Crippen LogP contribution in [-0.4, -0.2) is 33.9 Å². The Labute approximate surface area is 109 Å². The van der Waals surface area contributed by atoms with Crippen LogP contribution in [0.3, 0.4) is 0 Å². The molecule has 0 aromatic heterocycles. The normalized spacial score (nSPS) is 12.5. The van der Waals surface area contributed by atoms with Gasteiger partial charge >= 0.3 is 0 Å². The van der Waals surface area contributed by atoms with Gasteiger partial charge in [-0.1, -0.05) is 11.6 Å². The summed E-state index contributed by atoms with van der Waals surface area (Å²) in [6.07, 6.45) is 0. The van der Waals surface area contributed by atoms with Crippen molar-refractivity contribution in [1.29, 1.82) is 0 Å². The van der Waals surface area contributed by atoms with E-state index in [1.165, 1.54) is 11.3 Å². The van der Waals surface area contributed by atoms with Gasteiger partial charge in [0.25, 0.3) is 0 Å². The fourth-order valence-electron chi connectivity index (χ4n) is 1.82. The van der Waals surface area contributed by atoms with Gasteiger partial charge in [0.1, 0.15) is 0 Å². The third kappa shape index (κ3) is 3.87. The molecule has 4 heteroatoms. The molecule has 17 heavy (non-hydrogen) atoms. The number of halogens is 1. The molecular weight excluding hydrogens is 236 g/mol. The number of hydrogen-bond acceptors (Lipinski definition) is 3. The van der Waals surface area contributed by atoms with E-state index in [-0.39, 0.29) is 0 Å². The Hall–Kier alpha value is -0.770. The molecule has 0 aliphatic heterocycles. The second-order valence-corrected chi connectivity index (χ2v) is 4.66. The Morgan fingerprint density at radius 3 is 2.76 bits per heavy atom. The first-order valence-electron chi connectivity index (χ1n) is 5.75. The van der Waals surface area contributed by atoms with Gasteiger partial charge in [0, 0.05) is 37.5 Å². The van der Waals surface area contributed by atoms with E-state index in [2.05, 4.69) is 30.3 Å². The van der Waals surface area contributed by atoms with Crippen LogP contribution in [0, 0.1) is 0 Å². The van der Waals surface area contributed by atoms with Crippen LogP contribution in [0.25, 0.3) is 0 Å². The highest BCUT2D eigenvalue weighted by molar-refractivity contribution is 6.30. The van der Waals surface area contributed by atoms with E-state index in [1.807, 2.05) is 19.2 Å². The first-order chi connectivity index (χ1) is 8.10. The molecule has 0 spiro atoms. The molecule has 1 rings (SSSR count). The predicted octanol–water partition coefficient (Wildman–Crippen LogP) is 2.53. The molecule has 96 valence electrons. The van der Waals surface area contributed by atoms with E-state index in [0.29, 0.717) is 12.6 Å². The summed E-state index contributed by atoms with van der Waals surface area (Å²) in [5, 5.41) is 3.93. The maximum Gasteiger partial charge on any atom is 0.0663 e. The van der Waals surface area contributed by atoms with Gasteiger partial charge < -0.3 is 15.0 Å². The zero-order valence-corrected chi connectivity index (χ0v) is 11.7. The minimum Gasteiger partial charge on any atom is -0.383 e. The quantitative estimate of drug-likeness (QED) is 0.847. The maximum absolute atomic E-state index is 6.03. The monoisotopic (exact) mass is 256 g/mol. The van der Waals surface area contributed by atoms with Crippen molar-refractivity contribution >= 4 is 17.3 Å². The number of methoxy groups -OCH3 is 1. The third-order valence-corrected chi connectivity index (χ3v) is 3.09. The van der Waals surface area contributed by atoms with Crippen LogP contribution < -0.4 is 10.2 Å². The summed E-state index contributed by atoms with van der Waals surface area (Å²) in [7, 11) is 5.73. The second kappa shape index (κ2) is 6.84. The minimum atomic E-state index is 0.330. The van der Waals surface area contributed by atoms with Crippen LogP contribution in [0.15, 0.2) is 18.2 Å². The number of nitrogens with one attached hydrogen (secondary N) is 1. The molecule has 1 aromatic rings. The zero-order chi connectivity index (χ0) is 12.8. The molecule has 0 heterocycles. The second-order valence-electron chi connectivity index (χ2n) is 4.22. The molecule has 0 radical (unpaired) electrons. The SMILES string of the molecule is CNCc1cc(Cl)ccc1N(C)C(C)COC. The fourth-order valence-corrected chi connectivity index (χ4v) is 2.02. The molecule has 0 amide bonds. The number of anilines is 1. The van der Waals surface area contributed by atoms with Crippen molar-refractivity contribution in [1.82, 2.24) is 5.32 Å². The lowest BCUT2D eigenvalue weighted by atomic mass is 10.1. The standard InChI is InChI=1S/C13H21ClN2O/c1-10(9-17-4)16(3)13-6-5-12(14)7-11(13)8-15-2/h5-7,10,15H,8-9H2,1-4H3. The van der Waals surface area contributed by atoms with Gasteiger partial charge in [0.2, 0.25) is 0 Å². The van der Waals surface area contributed by atoms with Crippen molar-refractivity contribution in [3.63, 3.8) is 0 Å². The van der Waals surface area contributed by atoms with E-state index in [0.717, 1.165) is 11.6 Å². The lowest BCUT2D eigenvalue weighted by molar-refractivity contribution is 0.183. The van der Waals surface area contributed by atoms with Gasteiger partial charge in [-0.05, 0) is 37.7 Å². The summed E-state index contributed by atoms with van der Waals surface area (Å²) in [6, 6.07) is 6.31. The summed E-state index contributed by atoms with van der Waals surface area (Å²) in [5.74, 6) is 0. The topological polar surface area (TPSA) is 24.5 Å². The lowest BCUT2D eigenvalue weighted by Gasteiger charge is -2.28. The van der Waals surface area contributed by atoms with Gasteiger partial charge in [0.15, 0.2) is 0 Å². The van der Waals surface area contributed by atoms with Gasteiger partial charge in [-0.3, -0.25) is 0 Å². The number of ether oxygens (including phenoxy) is 1. The Bertz CT molecular complexity index is 357. The number of likely N-dealkylation sites (N-methyl/N-ethyl adjacent to an activating group) is 1. The molecule has 0 bridgehead atoms. The Balaban J connectivity index is 2.94. The van der Waals surface area contributed by atoms with Crippen molar-refractivity contribution in [3.05, 3.63) is 28.8 Å². The molecule has 0 saturated carbocycles. The molecule has 1 aromatic carbocycles. The largest absolute Gasteiger partial charge is 0.383 e. The van der Waals surface area contributed by atoms with Crippen molar-refractivity contribution in [2.45, 2.75) is 19.5 Å². The highest BCUT2D eigenvalue weighted by Crippen LogP contribution is 2.25. The molecule has 1 N–H and O–H groups in total. The smallest absolute Gasteiger partial charge is 0.0663 e. The van der Waals surface area contributed by atoms with Crippen LogP contribution in [-0.2, 0) is 11.3 Å². The van der Waals surface area contributed by atoms with Gasteiger partial charge in [0.05, 0.1) is 6.61 Å². The van der Waals surface area contributed by atoms with E-state index in [9.17, 15) is 0 Å². The maximum atomic E-state index is 6.03. The van der Waals surface area contributed by atoms with Crippen LogP contribution in [0.1, 0.15) is 12.5 Å². The fraction of sp³-hybridized carbons (Fsp3) is 0.538. The van der Waals surface area contributed by atoms with Crippen LogP contribution in [0.2, 0.25) is 5.02 Å². The van der Waals surface area contributed by atoms with Crippen molar-refractivity contribution < 1.29 is 4.74 Å². The van der Waals surface area contributed by atoms with E-state index >= 15 is 0 Å². The van der Waals surface area contributed by atoms with Crippen LogP contribution in [0.4, 0.5) is 5.69 Å². The van der Waals surface area contributed by atoms with Gasteiger partial charge in [-0.2, -0.15) is 0 Å². The van der Waals surface area contributed by atoms with Crippen molar-refractivity contribution in [2.75, 3.05) is 32.7 Å². The Morgan fingerprint density at radius 2 is 2.18 bits per heavy atom. The van der Waals surface area contributed by atoms with E-state index in [1.54, 1.807) is 7.11 Å². The zero-order valence-electron chi connectivity index (χ0n) is 11.0. The highest BCUT2D eigenvalue weighted by atomic mass is 35.5. The summed E-state index contributed by atoms with van der Waals surface area (Å²) < 4.78 is 5.19. The summed E-state index contributed by atoms with van der Waals surface area (Å²) in [6.45, 7) is 3.65. The molecule has 0 aliphatic rings. The number of nitrogens with zero attached hydrogens (tertiary/aromatic N) is 1. The van der Waals surface area contributed by atoms with Crippen molar-refractivity contribution in [3.8, 4) is 0 Å². The minimum absolute atomic E-state index is 0.330. The van der Waals surface area contributed by atoms with Crippen LogP contribution in [0.5, 0.6) is 0 Å². The highest BCUT2D eigenvalue weighted by Gasteiger charge is 2.13. The molecule has 1 unspecified atom stereocenters. The lowest BCUT2D eigenvalue weighted by Crippen LogP contribution is -2.33. The molecule has 3 nitrogen and oxygen atoms in total. The molecule has 0 aliphatic carbocycles. The first kappa shape index (κ1) is 14.3. The average molecular weight is 257 g/mol. The van der Waals surface area contributed by atoms with Crippen LogP contribution >= 0.6 is 11.6 Å². The van der Waals surface area contributed by atoms with Crippen molar-refractivity contribution in [2.24, 2.45) is 0 Å². The summed E-state index contributed by atoms with van der Waals surface area (Å²) in [5.41, 5.74) is 2.39. The summed E-state index contributed by atoms with van der Waals surface area (Å²) >= 11 is 6.03. The number of rotatable bonds is 6. The molecule has 0 saturated heterocycles. The Morgan fingerprint density at radius 1 is 1.47 bits per heavy atom. The van der Waals surface area contributed by atoms with Gasteiger partial charge in [-0.15, -0.1) is 0 Å². The molecule has 0 fully saturated rings. The Kier molecular flexibility index (Phi) is 5.75. The number of hydrogen-bond donors (Lipinski definition) is 1. The van der Waals surface area contributed by atoms with E-state index < -0.39 is 0 Å². The predicted molar refractivity (Wildman–Crippen MR) is 74.0 cm³/mol. The van der Waals surface area contributed by atoms with E-state index in [4.69, 9.17) is 16.3 Å². The summed E-state index contributed by atoms with van der Waals surface area (Å²) in [4.78, 5) is 2.21.